The number of aryl methyl sites for hydroxylation is 1. The first kappa shape index (κ1) is 24.9. The molecule has 0 aliphatic heterocycles. The summed E-state index contributed by atoms with van der Waals surface area (Å²) >= 11 is 0. The van der Waals surface area contributed by atoms with E-state index in [0.717, 1.165) is 35.4 Å². The van der Waals surface area contributed by atoms with Crippen molar-refractivity contribution in [2.24, 2.45) is 0 Å². The fourth-order valence-corrected chi connectivity index (χ4v) is 3.88. The second-order valence-electron chi connectivity index (χ2n) is 8.73. The lowest BCUT2D eigenvalue weighted by Gasteiger charge is -2.10. The lowest BCUT2D eigenvalue weighted by Crippen LogP contribution is -2.12. The fraction of sp³-hybridized carbons (Fsp3) is 0.448. The molecule has 0 aliphatic rings. The van der Waals surface area contributed by atoms with Crippen LogP contribution in [0.4, 0.5) is 4.39 Å². The molecule has 0 amide bonds. The molecule has 0 N–H and O–H groups in total. The van der Waals surface area contributed by atoms with E-state index in [1.165, 1.54) is 44.1 Å². The standard InChI is InChI=1S/C29H37FN2O/c1-3-5-6-7-8-9-11-23-12-14-25(15-13-23)29-31-20-26(21-32-29)24-16-18-28(19-17-24)33-22-27(30)10-4-2/h12-21,27H,3-11,22H2,1-2H3. The van der Waals surface area contributed by atoms with Gasteiger partial charge in [0.1, 0.15) is 18.5 Å². The Labute approximate surface area is 198 Å². The van der Waals surface area contributed by atoms with Gasteiger partial charge in [-0.25, -0.2) is 14.4 Å². The van der Waals surface area contributed by atoms with Crippen molar-refractivity contribution in [2.45, 2.75) is 77.8 Å². The van der Waals surface area contributed by atoms with Gasteiger partial charge in [-0.2, -0.15) is 0 Å². The van der Waals surface area contributed by atoms with Gasteiger partial charge in [-0.05, 0) is 42.5 Å². The van der Waals surface area contributed by atoms with Gasteiger partial charge in [0.2, 0.25) is 0 Å². The number of halogens is 1. The molecular formula is C29H37FN2O. The van der Waals surface area contributed by atoms with Crippen LogP contribution in [0.2, 0.25) is 0 Å². The van der Waals surface area contributed by atoms with Gasteiger partial charge in [0.15, 0.2) is 5.82 Å². The van der Waals surface area contributed by atoms with E-state index < -0.39 is 6.17 Å². The van der Waals surface area contributed by atoms with E-state index in [1.54, 1.807) is 0 Å². The van der Waals surface area contributed by atoms with Crippen molar-refractivity contribution in [1.82, 2.24) is 9.97 Å². The highest BCUT2D eigenvalue weighted by Gasteiger charge is 2.07. The maximum Gasteiger partial charge on any atom is 0.159 e. The third-order valence-corrected chi connectivity index (χ3v) is 5.90. The monoisotopic (exact) mass is 448 g/mol. The van der Waals surface area contributed by atoms with E-state index in [9.17, 15) is 4.39 Å². The first-order valence-electron chi connectivity index (χ1n) is 12.5. The largest absolute Gasteiger partial charge is 0.491 e. The van der Waals surface area contributed by atoms with Crippen LogP contribution >= 0.6 is 0 Å². The highest BCUT2D eigenvalue weighted by molar-refractivity contribution is 5.64. The molecule has 0 aliphatic carbocycles. The number of rotatable bonds is 14. The highest BCUT2D eigenvalue weighted by atomic mass is 19.1. The molecule has 1 unspecified atom stereocenters. The minimum atomic E-state index is -0.916. The second kappa shape index (κ2) is 13.7. The lowest BCUT2D eigenvalue weighted by atomic mass is 10.0. The van der Waals surface area contributed by atoms with Crippen LogP contribution in [0.1, 0.15) is 70.8 Å². The number of unbranched alkanes of at least 4 members (excludes halogenated alkanes) is 5. The number of nitrogens with zero attached hydrogens (tertiary/aromatic N) is 2. The van der Waals surface area contributed by atoms with E-state index in [4.69, 9.17) is 4.74 Å². The maximum absolute atomic E-state index is 13.6. The summed E-state index contributed by atoms with van der Waals surface area (Å²) in [5.41, 5.74) is 4.36. The Morgan fingerprint density at radius 1 is 0.727 bits per heavy atom. The first-order chi connectivity index (χ1) is 16.2. The summed E-state index contributed by atoms with van der Waals surface area (Å²) < 4.78 is 19.1. The second-order valence-corrected chi connectivity index (χ2v) is 8.73. The molecule has 176 valence electrons. The summed E-state index contributed by atoms with van der Waals surface area (Å²) in [7, 11) is 0. The van der Waals surface area contributed by atoms with E-state index in [1.807, 2.05) is 43.6 Å². The van der Waals surface area contributed by atoms with E-state index >= 15 is 0 Å². The summed E-state index contributed by atoms with van der Waals surface area (Å²) in [5, 5.41) is 0. The molecule has 3 nitrogen and oxygen atoms in total. The molecule has 0 radical (unpaired) electrons. The molecule has 1 atom stereocenters. The number of aromatic nitrogens is 2. The molecule has 3 aromatic rings. The molecular weight excluding hydrogens is 411 g/mol. The molecule has 3 rings (SSSR count). The number of hydrogen-bond acceptors (Lipinski definition) is 3. The number of ether oxygens (including phenoxy) is 1. The topological polar surface area (TPSA) is 35.0 Å². The van der Waals surface area contributed by atoms with Crippen molar-refractivity contribution in [1.29, 1.82) is 0 Å². The van der Waals surface area contributed by atoms with Gasteiger partial charge in [0.25, 0.3) is 0 Å². The normalized spacial score (nSPS) is 12.0. The summed E-state index contributed by atoms with van der Waals surface area (Å²) in [6.45, 7) is 4.33. The van der Waals surface area contributed by atoms with Gasteiger partial charge in [-0.15, -0.1) is 0 Å². The van der Waals surface area contributed by atoms with Gasteiger partial charge in [0, 0.05) is 23.5 Å². The van der Waals surface area contributed by atoms with Crippen LogP contribution in [0.25, 0.3) is 22.5 Å². The van der Waals surface area contributed by atoms with E-state index in [-0.39, 0.29) is 6.61 Å². The summed E-state index contributed by atoms with van der Waals surface area (Å²) in [5.74, 6) is 1.41. The van der Waals surface area contributed by atoms with Gasteiger partial charge in [-0.3, -0.25) is 0 Å². The van der Waals surface area contributed by atoms with Gasteiger partial charge >= 0.3 is 0 Å². The van der Waals surface area contributed by atoms with Crippen LogP contribution < -0.4 is 4.74 Å². The fourth-order valence-electron chi connectivity index (χ4n) is 3.88. The van der Waals surface area contributed by atoms with Crippen molar-refractivity contribution in [3.05, 3.63) is 66.5 Å². The molecule has 0 fully saturated rings. The molecule has 1 heterocycles. The SMILES string of the molecule is CCCCCCCCc1ccc(-c2ncc(-c3ccc(OCC(F)CCC)cc3)cn2)cc1. The van der Waals surface area contributed by atoms with Gasteiger partial charge < -0.3 is 4.74 Å². The molecule has 0 bridgehead atoms. The first-order valence-corrected chi connectivity index (χ1v) is 12.5. The highest BCUT2D eigenvalue weighted by Crippen LogP contribution is 2.24. The van der Waals surface area contributed by atoms with Crippen LogP contribution in [0.5, 0.6) is 5.75 Å². The molecule has 2 aromatic carbocycles. The van der Waals surface area contributed by atoms with Crippen LogP contribution in [-0.4, -0.2) is 22.7 Å². The minimum absolute atomic E-state index is 0.0999. The smallest absolute Gasteiger partial charge is 0.159 e. The Balaban J connectivity index is 1.51. The Hall–Kier alpha value is -2.75. The van der Waals surface area contributed by atoms with Crippen LogP contribution in [-0.2, 0) is 6.42 Å². The average Bonchev–Trinajstić information content (AvgIpc) is 2.86. The zero-order valence-electron chi connectivity index (χ0n) is 20.1. The Kier molecular flexibility index (Phi) is 10.3. The number of hydrogen-bond donors (Lipinski definition) is 0. The number of alkyl halides is 1. The molecule has 0 saturated heterocycles. The van der Waals surface area contributed by atoms with Gasteiger partial charge in [-0.1, -0.05) is 88.8 Å². The van der Waals surface area contributed by atoms with Crippen molar-refractivity contribution < 1.29 is 9.13 Å². The van der Waals surface area contributed by atoms with Crippen molar-refractivity contribution in [2.75, 3.05) is 6.61 Å². The zero-order valence-corrected chi connectivity index (χ0v) is 20.1. The molecule has 33 heavy (non-hydrogen) atoms. The quantitative estimate of drug-likeness (QED) is 0.233. The molecule has 4 heteroatoms. The maximum atomic E-state index is 13.6. The summed E-state index contributed by atoms with van der Waals surface area (Å²) in [6, 6.07) is 16.3. The minimum Gasteiger partial charge on any atom is -0.491 e. The Morgan fingerprint density at radius 2 is 1.36 bits per heavy atom. The zero-order chi connectivity index (χ0) is 23.3. The predicted octanol–water partition coefficient (Wildman–Crippen LogP) is 8.23. The average molecular weight is 449 g/mol. The van der Waals surface area contributed by atoms with Crippen LogP contribution in [0, 0.1) is 0 Å². The van der Waals surface area contributed by atoms with E-state index in [0.29, 0.717) is 12.2 Å². The third kappa shape index (κ3) is 8.27. The van der Waals surface area contributed by atoms with Crippen LogP contribution in [0.3, 0.4) is 0 Å². The predicted molar refractivity (Wildman–Crippen MR) is 135 cm³/mol. The van der Waals surface area contributed by atoms with E-state index in [2.05, 4.69) is 41.2 Å². The molecule has 0 spiro atoms. The lowest BCUT2D eigenvalue weighted by molar-refractivity contribution is 0.186. The Bertz CT molecular complexity index is 923. The molecule has 0 saturated carbocycles. The molecule has 1 aromatic heterocycles. The summed E-state index contributed by atoms with van der Waals surface area (Å²) in [4.78, 5) is 9.14. The van der Waals surface area contributed by atoms with Gasteiger partial charge in [0.05, 0.1) is 0 Å². The van der Waals surface area contributed by atoms with Crippen LogP contribution in [0.15, 0.2) is 60.9 Å². The van der Waals surface area contributed by atoms with Crippen molar-refractivity contribution in [3.8, 4) is 28.3 Å². The third-order valence-electron chi connectivity index (χ3n) is 5.90. The number of benzene rings is 2. The Morgan fingerprint density at radius 3 is 2.03 bits per heavy atom. The van der Waals surface area contributed by atoms with Crippen molar-refractivity contribution in [3.63, 3.8) is 0 Å². The van der Waals surface area contributed by atoms with Crippen molar-refractivity contribution >= 4 is 0 Å². The summed E-state index contributed by atoms with van der Waals surface area (Å²) in [6.07, 6.45) is 13.2.